The smallest absolute Gasteiger partial charge is 0.262 e. The predicted octanol–water partition coefficient (Wildman–Crippen LogP) is 3.64. The first-order chi connectivity index (χ1) is 15.6. The number of hydrogen-bond acceptors (Lipinski definition) is 6. The Kier molecular flexibility index (Phi) is 4.97. The van der Waals surface area contributed by atoms with Crippen molar-refractivity contribution >= 4 is 18.3 Å². The largest absolute Gasteiger partial charge is 0.494 e. The average molecular weight is 440 g/mol. The molecule has 0 amide bonds. The SMILES string of the molecule is O=c1[nH]c(=S)n(-c2ccc(Oc3ccccc3)cc2)c(O)c1C=C1N=c2ccccc2=N1. The van der Waals surface area contributed by atoms with Crippen LogP contribution in [0.1, 0.15) is 5.56 Å². The molecule has 0 saturated heterocycles. The second-order valence-electron chi connectivity index (χ2n) is 6.96. The molecule has 0 saturated carbocycles. The van der Waals surface area contributed by atoms with E-state index in [9.17, 15) is 9.90 Å². The van der Waals surface area contributed by atoms with Gasteiger partial charge in [0.15, 0.2) is 10.6 Å². The highest BCUT2D eigenvalue weighted by molar-refractivity contribution is 7.71. The van der Waals surface area contributed by atoms with Crippen LogP contribution in [0.25, 0.3) is 11.8 Å². The molecule has 2 heterocycles. The molecular formula is C24H16N4O3S. The summed E-state index contributed by atoms with van der Waals surface area (Å²) in [6, 6.07) is 23.8. The van der Waals surface area contributed by atoms with Crippen molar-refractivity contribution in [2.75, 3.05) is 0 Å². The third-order valence-electron chi connectivity index (χ3n) is 4.82. The lowest BCUT2D eigenvalue weighted by Gasteiger charge is -2.12. The minimum Gasteiger partial charge on any atom is -0.494 e. The molecule has 0 unspecified atom stereocenters. The Morgan fingerprint density at radius 2 is 1.47 bits per heavy atom. The summed E-state index contributed by atoms with van der Waals surface area (Å²) in [5.41, 5.74) is 0.0487. The fourth-order valence-corrected chi connectivity index (χ4v) is 3.60. The van der Waals surface area contributed by atoms with Gasteiger partial charge in [-0.3, -0.25) is 14.3 Å². The zero-order valence-corrected chi connectivity index (χ0v) is 17.4. The van der Waals surface area contributed by atoms with Gasteiger partial charge in [0.05, 0.1) is 16.4 Å². The number of hydrogen-bond donors (Lipinski definition) is 2. The van der Waals surface area contributed by atoms with Gasteiger partial charge in [-0.25, -0.2) is 9.98 Å². The Bertz CT molecular complexity index is 1550. The molecule has 3 aromatic carbocycles. The van der Waals surface area contributed by atoms with Crippen LogP contribution in [0.15, 0.2) is 99.5 Å². The summed E-state index contributed by atoms with van der Waals surface area (Å²) in [6.07, 6.45) is 1.44. The Labute approximate surface area is 187 Å². The highest BCUT2D eigenvalue weighted by Gasteiger charge is 2.14. The van der Waals surface area contributed by atoms with E-state index < -0.39 is 5.56 Å². The van der Waals surface area contributed by atoms with E-state index in [-0.39, 0.29) is 16.2 Å². The van der Waals surface area contributed by atoms with Gasteiger partial charge in [-0.05, 0) is 60.7 Å². The van der Waals surface area contributed by atoms with Crippen molar-refractivity contribution in [2.45, 2.75) is 0 Å². The molecule has 7 nitrogen and oxygen atoms in total. The van der Waals surface area contributed by atoms with E-state index in [1.165, 1.54) is 10.6 Å². The van der Waals surface area contributed by atoms with Gasteiger partial charge in [-0.2, -0.15) is 0 Å². The average Bonchev–Trinajstić information content (AvgIpc) is 3.21. The predicted molar refractivity (Wildman–Crippen MR) is 122 cm³/mol. The number of nitrogens with zero attached hydrogens (tertiary/aromatic N) is 3. The number of H-pyrrole nitrogens is 1. The van der Waals surface area contributed by atoms with Crippen LogP contribution in [0.5, 0.6) is 17.4 Å². The van der Waals surface area contributed by atoms with Crippen LogP contribution < -0.4 is 21.0 Å². The molecule has 5 rings (SSSR count). The first-order valence-corrected chi connectivity index (χ1v) is 10.2. The highest BCUT2D eigenvalue weighted by Crippen LogP contribution is 2.26. The van der Waals surface area contributed by atoms with Gasteiger partial charge in [0, 0.05) is 6.08 Å². The molecule has 0 fully saturated rings. The Balaban J connectivity index is 1.53. The number of para-hydroxylation sites is 3. The van der Waals surface area contributed by atoms with Gasteiger partial charge >= 0.3 is 0 Å². The Morgan fingerprint density at radius 3 is 2.12 bits per heavy atom. The molecule has 8 heteroatoms. The van der Waals surface area contributed by atoms with E-state index in [4.69, 9.17) is 17.0 Å². The van der Waals surface area contributed by atoms with E-state index in [1.807, 2.05) is 54.6 Å². The van der Waals surface area contributed by atoms with Crippen molar-refractivity contribution in [1.29, 1.82) is 0 Å². The second-order valence-corrected chi connectivity index (χ2v) is 7.34. The van der Waals surface area contributed by atoms with E-state index >= 15 is 0 Å². The molecule has 2 N–H and O–H groups in total. The van der Waals surface area contributed by atoms with E-state index in [2.05, 4.69) is 15.0 Å². The minimum absolute atomic E-state index is 0.0125. The van der Waals surface area contributed by atoms with Gasteiger partial charge in [0.2, 0.25) is 5.88 Å². The van der Waals surface area contributed by atoms with Crippen LogP contribution in [0, 0.1) is 4.77 Å². The molecule has 0 atom stereocenters. The van der Waals surface area contributed by atoms with Crippen molar-refractivity contribution in [1.82, 2.24) is 9.55 Å². The van der Waals surface area contributed by atoms with Crippen LogP contribution in [0.4, 0.5) is 0 Å². The summed E-state index contributed by atoms with van der Waals surface area (Å²) in [4.78, 5) is 23.9. The van der Waals surface area contributed by atoms with Gasteiger partial charge in [0.25, 0.3) is 5.56 Å². The molecule has 32 heavy (non-hydrogen) atoms. The van der Waals surface area contributed by atoms with Gasteiger partial charge in [-0.15, -0.1) is 0 Å². The molecule has 1 aliphatic rings. The summed E-state index contributed by atoms with van der Waals surface area (Å²) >= 11 is 5.29. The molecule has 1 aromatic heterocycles. The minimum atomic E-state index is -0.526. The molecule has 0 spiro atoms. The molecule has 1 aliphatic heterocycles. The number of rotatable bonds is 4. The fraction of sp³-hybridized carbons (Fsp3) is 0. The lowest BCUT2D eigenvalue weighted by Crippen LogP contribution is -2.19. The standard InChI is InChI=1S/C24H16N4O3S/c29-22-18(14-21-25-19-8-4-5-9-20(19)26-21)23(30)28(24(32)27-22)15-10-12-17(13-11-15)31-16-6-2-1-3-7-16/h1-14,30H,(H,27,29,32). The lowest BCUT2D eigenvalue weighted by atomic mass is 10.2. The maximum absolute atomic E-state index is 12.5. The second kappa shape index (κ2) is 8.09. The topological polar surface area (TPSA) is 92.0 Å². The van der Waals surface area contributed by atoms with E-state index in [0.717, 1.165) is 0 Å². The number of nitrogens with one attached hydrogen (secondary N) is 1. The number of fused-ring (bicyclic) bond motifs is 1. The van der Waals surface area contributed by atoms with Crippen molar-refractivity contribution in [3.63, 3.8) is 0 Å². The zero-order valence-electron chi connectivity index (χ0n) is 16.6. The van der Waals surface area contributed by atoms with Crippen molar-refractivity contribution in [2.24, 2.45) is 9.98 Å². The third-order valence-corrected chi connectivity index (χ3v) is 5.10. The highest BCUT2D eigenvalue weighted by atomic mass is 32.1. The maximum atomic E-state index is 12.5. The lowest BCUT2D eigenvalue weighted by molar-refractivity contribution is 0.431. The molecule has 4 aromatic rings. The molecule has 0 aliphatic carbocycles. The molecular weight excluding hydrogens is 424 g/mol. The molecule has 0 radical (unpaired) electrons. The number of aromatic amines is 1. The van der Waals surface area contributed by atoms with Crippen molar-refractivity contribution in [3.8, 4) is 23.1 Å². The number of benzene rings is 3. The monoisotopic (exact) mass is 440 g/mol. The van der Waals surface area contributed by atoms with Gasteiger partial charge < -0.3 is 9.84 Å². The zero-order chi connectivity index (χ0) is 22.1. The van der Waals surface area contributed by atoms with Crippen LogP contribution >= 0.6 is 12.2 Å². The van der Waals surface area contributed by atoms with Crippen LogP contribution in [-0.4, -0.2) is 14.7 Å². The number of aromatic nitrogens is 2. The number of ether oxygens (including phenoxy) is 1. The number of aromatic hydroxyl groups is 1. The first-order valence-electron chi connectivity index (χ1n) is 9.74. The molecule has 156 valence electrons. The Morgan fingerprint density at radius 1 is 0.875 bits per heavy atom. The molecule has 0 bridgehead atoms. The quantitative estimate of drug-likeness (QED) is 0.474. The summed E-state index contributed by atoms with van der Waals surface area (Å²) < 4.78 is 7.24. The fourth-order valence-electron chi connectivity index (χ4n) is 3.31. The summed E-state index contributed by atoms with van der Waals surface area (Å²) in [7, 11) is 0. The van der Waals surface area contributed by atoms with Crippen molar-refractivity contribution < 1.29 is 9.84 Å². The summed E-state index contributed by atoms with van der Waals surface area (Å²) in [5, 5.41) is 12.3. The van der Waals surface area contributed by atoms with Gasteiger partial charge in [-0.1, -0.05) is 30.3 Å². The third kappa shape index (κ3) is 3.75. The van der Waals surface area contributed by atoms with E-state index in [0.29, 0.717) is 33.7 Å². The summed E-state index contributed by atoms with van der Waals surface area (Å²) in [5.74, 6) is 1.35. The van der Waals surface area contributed by atoms with Crippen LogP contribution in [-0.2, 0) is 0 Å². The normalized spacial score (nSPS) is 11.9. The van der Waals surface area contributed by atoms with Crippen molar-refractivity contribution in [3.05, 3.63) is 116 Å². The Hall–Kier alpha value is -4.30. The first kappa shape index (κ1) is 19.7. The van der Waals surface area contributed by atoms with E-state index in [1.54, 1.807) is 24.3 Å². The van der Waals surface area contributed by atoms with Crippen LogP contribution in [0.2, 0.25) is 0 Å². The summed E-state index contributed by atoms with van der Waals surface area (Å²) in [6.45, 7) is 0. The van der Waals surface area contributed by atoms with Crippen LogP contribution in [0.3, 0.4) is 0 Å². The van der Waals surface area contributed by atoms with Gasteiger partial charge in [0.1, 0.15) is 17.1 Å². The maximum Gasteiger partial charge on any atom is 0.262 e.